The topological polar surface area (TPSA) is 50.9 Å². The van der Waals surface area contributed by atoms with Gasteiger partial charge in [0.1, 0.15) is 12.7 Å². The molecule has 0 radical (unpaired) electrons. The maximum absolute atomic E-state index is 11.0. The van der Waals surface area contributed by atoms with E-state index >= 15 is 0 Å². The van der Waals surface area contributed by atoms with E-state index in [-0.39, 0.29) is 5.41 Å². The fraction of sp³-hybridized carbons (Fsp3) is 0.571. The number of hydrogen-bond donors (Lipinski definition) is 1. The molecule has 5 heteroatoms. The zero-order valence-corrected chi connectivity index (χ0v) is 12.5. The van der Waals surface area contributed by atoms with E-state index in [9.17, 15) is 5.11 Å². The molecule has 2 rings (SSSR count). The van der Waals surface area contributed by atoms with E-state index in [2.05, 4.69) is 47.7 Å². The number of aryl methyl sites for hydroxylation is 1. The van der Waals surface area contributed by atoms with E-state index < -0.39 is 5.60 Å². The Morgan fingerprint density at radius 3 is 2.68 bits per heavy atom. The molecule has 1 N–H and O–H groups in total. The Kier molecular flexibility index (Phi) is 4.06. The molecule has 0 aliphatic carbocycles. The number of nitrogens with zero attached hydrogens (tertiary/aromatic N) is 3. The fourth-order valence-corrected chi connectivity index (χ4v) is 2.76. The summed E-state index contributed by atoms with van der Waals surface area (Å²) in [5, 5.41) is 19.4. The van der Waals surface area contributed by atoms with Crippen LogP contribution in [-0.4, -0.2) is 25.5 Å². The Hall–Kier alpha value is -1.20. The van der Waals surface area contributed by atoms with Crippen LogP contribution >= 0.6 is 11.3 Å². The molecule has 0 aromatic carbocycles. The van der Waals surface area contributed by atoms with Crippen molar-refractivity contribution in [3.8, 4) is 0 Å². The highest BCUT2D eigenvalue weighted by Gasteiger charge is 2.40. The molecule has 2 aromatic rings. The van der Waals surface area contributed by atoms with Crippen LogP contribution in [0.1, 0.15) is 32.8 Å². The Morgan fingerprint density at radius 2 is 2.16 bits per heavy atom. The molecule has 0 saturated carbocycles. The van der Waals surface area contributed by atoms with Gasteiger partial charge in [0, 0.05) is 0 Å². The fourth-order valence-electron chi connectivity index (χ4n) is 2.06. The van der Waals surface area contributed by atoms with Crippen LogP contribution in [0.25, 0.3) is 0 Å². The first-order chi connectivity index (χ1) is 8.91. The van der Waals surface area contributed by atoms with E-state index in [0.717, 1.165) is 6.42 Å². The Balaban J connectivity index is 2.10. The van der Waals surface area contributed by atoms with Gasteiger partial charge in [0.15, 0.2) is 0 Å². The molecule has 0 spiro atoms. The molecule has 1 atom stereocenters. The second-order valence-electron chi connectivity index (χ2n) is 6.01. The minimum atomic E-state index is -0.803. The molecular weight excluding hydrogens is 258 g/mol. The van der Waals surface area contributed by atoms with E-state index in [4.69, 9.17) is 0 Å². The van der Waals surface area contributed by atoms with Gasteiger partial charge >= 0.3 is 0 Å². The minimum Gasteiger partial charge on any atom is -0.387 e. The summed E-state index contributed by atoms with van der Waals surface area (Å²) in [6.07, 6.45) is 4.75. The van der Waals surface area contributed by atoms with Crippen molar-refractivity contribution in [1.82, 2.24) is 14.8 Å². The smallest absolute Gasteiger partial charge is 0.137 e. The van der Waals surface area contributed by atoms with Crippen LogP contribution in [0, 0.1) is 5.41 Å². The van der Waals surface area contributed by atoms with Crippen LogP contribution in [0.2, 0.25) is 0 Å². The van der Waals surface area contributed by atoms with Gasteiger partial charge in [-0.3, -0.25) is 4.68 Å². The summed E-state index contributed by atoms with van der Waals surface area (Å²) >= 11 is 1.69. The summed E-state index contributed by atoms with van der Waals surface area (Å²) in [7, 11) is 0. The molecule has 0 aliphatic rings. The first-order valence-corrected chi connectivity index (χ1v) is 7.41. The number of aliphatic hydroxyl groups is 1. The molecule has 0 bridgehead atoms. The third kappa shape index (κ3) is 3.42. The van der Waals surface area contributed by atoms with E-state index in [1.807, 2.05) is 0 Å². The third-order valence-electron chi connectivity index (χ3n) is 3.69. The Labute approximate surface area is 118 Å². The number of hydrogen-bond acceptors (Lipinski definition) is 4. The summed E-state index contributed by atoms with van der Waals surface area (Å²) in [5.74, 6) is 0. The van der Waals surface area contributed by atoms with Gasteiger partial charge in [-0.05, 0) is 40.6 Å². The van der Waals surface area contributed by atoms with Crippen LogP contribution in [0.4, 0.5) is 0 Å². The number of thiophene rings is 1. The molecule has 0 saturated heterocycles. The van der Waals surface area contributed by atoms with Gasteiger partial charge in [0.25, 0.3) is 0 Å². The van der Waals surface area contributed by atoms with Crippen LogP contribution in [0.5, 0.6) is 0 Å². The van der Waals surface area contributed by atoms with Crippen molar-refractivity contribution in [2.45, 2.75) is 45.8 Å². The monoisotopic (exact) mass is 279 g/mol. The minimum absolute atomic E-state index is 0.213. The quantitative estimate of drug-likeness (QED) is 0.915. The standard InChI is InChI=1S/C14H21N3OS/c1-13(2,3)14(18,9-17-11-15-10-16-17)6-4-12-5-7-19-8-12/h5,7-8,10-11,18H,4,6,9H2,1-3H3. The van der Waals surface area contributed by atoms with Gasteiger partial charge in [-0.15, -0.1) is 0 Å². The molecule has 0 aliphatic heterocycles. The van der Waals surface area contributed by atoms with E-state index in [1.54, 1.807) is 22.3 Å². The SMILES string of the molecule is CC(C)(C)C(O)(CCc1ccsc1)Cn1cncn1. The lowest BCUT2D eigenvalue weighted by atomic mass is 9.73. The van der Waals surface area contributed by atoms with Crippen molar-refractivity contribution in [2.24, 2.45) is 5.41 Å². The molecule has 0 amide bonds. The van der Waals surface area contributed by atoms with Crippen molar-refractivity contribution in [2.75, 3.05) is 0 Å². The van der Waals surface area contributed by atoms with Gasteiger partial charge in [-0.25, -0.2) is 4.98 Å². The average Bonchev–Trinajstić information content (AvgIpc) is 2.97. The largest absolute Gasteiger partial charge is 0.387 e. The van der Waals surface area contributed by atoms with Crippen molar-refractivity contribution in [3.63, 3.8) is 0 Å². The summed E-state index contributed by atoms with van der Waals surface area (Å²) in [6, 6.07) is 2.11. The summed E-state index contributed by atoms with van der Waals surface area (Å²) in [4.78, 5) is 3.94. The van der Waals surface area contributed by atoms with Crippen molar-refractivity contribution in [3.05, 3.63) is 35.0 Å². The van der Waals surface area contributed by atoms with Crippen molar-refractivity contribution >= 4 is 11.3 Å². The Bertz CT molecular complexity index is 487. The predicted molar refractivity (Wildman–Crippen MR) is 77.1 cm³/mol. The molecule has 2 aromatic heterocycles. The maximum Gasteiger partial charge on any atom is 0.137 e. The highest BCUT2D eigenvalue weighted by Crippen LogP contribution is 2.35. The number of aromatic nitrogens is 3. The highest BCUT2D eigenvalue weighted by molar-refractivity contribution is 7.07. The molecule has 0 fully saturated rings. The van der Waals surface area contributed by atoms with Gasteiger partial charge < -0.3 is 5.11 Å². The third-order valence-corrected chi connectivity index (χ3v) is 4.43. The van der Waals surface area contributed by atoms with Crippen LogP contribution in [0.15, 0.2) is 29.5 Å². The summed E-state index contributed by atoms with van der Waals surface area (Å²) in [6.45, 7) is 6.67. The first kappa shape index (κ1) is 14.2. The molecule has 4 nitrogen and oxygen atoms in total. The van der Waals surface area contributed by atoms with Crippen molar-refractivity contribution in [1.29, 1.82) is 0 Å². The molecule has 2 heterocycles. The van der Waals surface area contributed by atoms with Gasteiger partial charge in [0.2, 0.25) is 0 Å². The normalized spacial score (nSPS) is 15.4. The summed E-state index contributed by atoms with van der Waals surface area (Å²) < 4.78 is 1.71. The van der Waals surface area contributed by atoms with Crippen molar-refractivity contribution < 1.29 is 5.11 Å². The lowest BCUT2D eigenvalue weighted by molar-refractivity contribution is -0.0796. The molecular formula is C14H21N3OS. The highest BCUT2D eigenvalue weighted by atomic mass is 32.1. The zero-order chi connectivity index (χ0) is 13.9. The van der Waals surface area contributed by atoms with E-state index in [0.29, 0.717) is 13.0 Å². The van der Waals surface area contributed by atoms with Gasteiger partial charge in [0.05, 0.1) is 12.1 Å². The average molecular weight is 279 g/mol. The lowest BCUT2D eigenvalue weighted by Crippen LogP contribution is -2.47. The van der Waals surface area contributed by atoms with E-state index in [1.165, 1.54) is 11.9 Å². The first-order valence-electron chi connectivity index (χ1n) is 6.47. The molecule has 1 unspecified atom stereocenters. The zero-order valence-electron chi connectivity index (χ0n) is 11.7. The van der Waals surface area contributed by atoms with Gasteiger partial charge in [-0.2, -0.15) is 16.4 Å². The van der Waals surface area contributed by atoms with Crippen LogP contribution < -0.4 is 0 Å². The second-order valence-corrected chi connectivity index (χ2v) is 6.79. The molecule has 104 valence electrons. The Morgan fingerprint density at radius 1 is 1.37 bits per heavy atom. The summed E-state index contributed by atoms with van der Waals surface area (Å²) in [5.41, 5.74) is 0.267. The predicted octanol–water partition coefficient (Wildman–Crippen LogP) is 2.75. The maximum atomic E-state index is 11.0. The lowest BCUT2D eigenvalue weighted by Gasteiger charge is -2.40. The van der Waals surface area contributed by atoms with Crippen LogP contribution in [-0.2, 0) is 13.0 Å². The molecule has 19 heavy (non-hydrogen) atoms. The van der Waals surface area contributed by atoms with Gasteiger partial charge in [-0.1, -0.05) is 20.8 Å². The van der Waals surface area contributed by atoms with Crippen LogP contribution in [0.3, 0.4) is 0 Å². The number of rotatable bonds is 5. The second kappa shape index (κ2) is 5.43.